The minimum atomic E-state index is -0.329. The molecule has 5 nitrogen and oxygen atoms in total. The number of phenolic OH excluding ortho intramolecular Hbond substituents is 1. The summed E-state index contributed by atoms with van der Waals surface area (Å²) in [5.74, 6) is 0.727. The molecule has 0 aliphatic heterocycles. The molecule has 126 valence electrons. The number of amides is 1. The van der Waals surface area contributed by atoms with Crippen LogP contribution in [-0.4, -0.2) is 24.7 Å². The van der Waals surface area contributed by atoms with Gasteiger partial charge in [0.05, 0.1) is 18.7 Å². The molecule has 0 fully saturated rings. The Hall–Kier alpha value is -2.66. The third-order valence-electron chi connectivity index (χ3n) is 3.08. The zero-order valence-corrected chi connectivity index (χ0v) is 14.1. The van der Waals surface area contributed by atoms with Crippen molar-refractivity contribution in [3.05, 3.63) is 53.1 Å². The van der Waals surface area contributed by atoms with Crippen molar-refractivity contribution in [2.75, 3.05) is 19.0 Å². The summed E-state index contributed by atoms with van der Waals surface area (Å²) >= 11 is 6.19. The highest BCUT2D eigenvalue weighted by molar-refractivity contribution is 6.32. The van der Waals surface area contributed by atoms with Crippen LogP contribution in [0.25, 0.3) is 6.08 Å². The SMILES string of the molecule is CCOc1c(Cl)cc(/C=C/C(=O)Nc2cccc(O)c2)cc1OC. The van der Waals surface area contributed by atoms with E-state index in [1.807, 2.05) is 6.92 Å². The lowest BCUT2D eigenvalue weighted by atomic mass is 10.2. The van der Waals surface area contributed by atoms with Gasteiger partial charge in [0.1, 0.15) is 5.75 Å². The second-order valence-electron chi connectivity index (χ2n) is 4.84. The van der Waals surface area contributed by atoms with E-state index >= 15 is 0 Å². The average Bonchev–Trinajstić information content (AvgIpc) is 2.55. The van der Waals surface area contributed by atoms with Crippen LogP contribution in [0, 0.1) is 0 Å². The molecular weight excluding hydrogens is 330 g/mol. The zero-order chi connectivity index (χ0) is 17.5. The molecule has 1 amide bonds. The van der Waals surface area contributed by atoms with Crippen molar-refractivity contribution in [2.24, 2.45) is 0 Å². The molecule has 0 bridgehead atoms. The van der Waals surface area contributed by atoms with Gasteiger partial charge in [-0.25, -0.2) is 0 Å². The van der Waals surface area contributed by atoms with E-state index in [0.717, 1.165) is 0 Å². The maximum Gasteiger partial charge on any atom is 0.248 e. The number of halogens is 1. The van der Waals surface area contributed by atoms with Gasteiger partial charge in [0.25, 0.3) is 0 Å². The van der Waals surface area contributed by atoms with Gasteiger partial charge in [-0.2, -0.15) is 0 Å². The number of anilines is 1. The van der Waals surface area contributed by atoms with Crippen molar-refractivity contribution in [3.63, 3.8) is 0 Å². The number of phenols is 1. The first-order valence-corrected chi connectivity index (χ1v) is 7.69. The highest BCUT2D eigenvalue weighted by atomic mass is 35.5. The maximum absolute atomic E-state index is 11.9. The molecule has 0 heterocycles. The number of benzene rings is 2. The second-order valence-corrected chi connectivity index (χ2v) is 5.25. The fourth-order valence-electron chi connectivity index (χ4n) is 2.06. The first-order chi connectivity index (χ1) is 11.5. The summed E-state index contributed by atoms with van der Waals surface area (Å²) in [5.41, 5.74) is 1.21. The lowest BCUT2D eigenvalue weighted by Gasteiger charge is -2.11. The lowest BCUT2D eigenvalue weighted by Crippen LogP contribution is -2.07. The molecule has 2 rings (SSSR count). The normalized spacial score (nSPS) is 10.6. The Bertz CT molecular complexity index is 759. The number of methoxy groups -OCH3 is 1. The van der Waals surface area contributed by atoms with E-state index in [4.69, 9.17) is 21.1 Å². The number of carbonyl (C=O) groups is 1. The molecular formula is C18H18ClNO4. The first kappa shape index (κ1) is 17.7. The van der Waals surface area contributed by atoms with E-state index in [9.17, 15) is 9.90 Å². The molecule has 0 saturated heterocycles. The van der Waals surface area contributed by atoms with Gasteiger partial charge in [-0.05, 0) is 42.8 Å². The maximum atomic E-state index is 11.9. The molecule has 0 aliphatic carbocycles. The van der Waals surface area contributed by atoms with Crippen molar-refractivity contribution < 1.29 is 19.4 Å². The van der Waals surface area contributed by atoms with Crippen molar-refractivity contribution in [2.45, 2.75) is 6.92 Å². The third kappa shape index (κ3) is 4.67. The molecule has 0 aliphatic rings. The van der Waals surface area contributed by atoms with Gasteiger partial charge in [-0.3, -0.25) is 4.79 Å². The second kappa shape index (κ2) is 8.26. The predicted octanol–water partition coefficient (Wildman–Crippen LogP) is 4.10. The molecule has 6 heteroatoms. The van der Waals surface area contributed by atoms with Gasteiger partial charge in [-0.15, -0.1) is 0 Å². The third-order valence-corrected chi connectivity index (χ3v) is 3.36. The summed E-state index contributed by atoms with van der Waals surface area (Å²) in [6.07, 6.45) is 2.98. The molecule has 0 spiro atoms. The number of nitrogens with one attached hydrogen (secondary N) is 1. The van der Waals surface area contributed by atoms with E-state index in [0.29, 0.717) is 34.4 Å². The zero-order valence-electron chi connectivity index (χ0n) is 13.4. The molecule has 0 radical (unpaired) electrons. The van der Waals surface area contributed by atoms with Crippen molar-refractivity contribution >= 4 is 29.3 Å². The van der Waals surface area contributed by atoms with E-state index in [1.54, 1.807) is 30.3 Å². The van der Waals surface area contributed by atoms with E-state index in [2.05, 4.69) is 5.32 Å². The molecule has 2 aromatic rings. The smallest absolute Gasteiger partial charge is 0.248 e. The quantitative estimate of drug-likeness (QED) is 0.772. The van der Waals surface area contributed by atoms with Crippen molar-refractivity contribution in [1.29, 1.82) is 0 Å². The van der Waals surface area contributed by atoms with Crippen LogP contribution in [0.15, 0.2) is 42.5 Å². The monoisotopic (exact) mass is 347 g/mol. The highest BCUT2D eigenvalue weighted by Gasteiger charge is 2.10. The number of carbonyl (C=O) groups excluding carboxylic acids is 1. The Balaban J connectivity index is 2.13. The number of hydrogen-bond donors (Lipinski definition) is 2. The molecule has 2 N–H and O–H groups in total. The molecule has 0 unspecified atom stereocenters. The van der Waals surface area contributed by atoms with E-state index < -0.39 is 0 Å². The Morgan fingerprint density at radius 1 is 1.33 bits per heavy atom. The average molecular weight is 348 g/mol. The number of aromatic hydroxyl groups is 1. The van der Waals surface area contributed by atoms with Crippen molar-refractivity contribution in [1.82, 2.24) is 0 Å². The summed E-state index contributed by atoms with van der Waals surface area (Å²) in [5, 5.41) is 12.4. The van der Waals surface area contributed by atoms with Crippen LogP contribution in [0.3, 0.4) is 0 Å². The van der Waals surface area contributed by atoms with E-state index in [-0.39, 0.29) is 11.7 Å². The Labute approximate surface area is 145 Å². The first-order valence-electron chi connectivity index (χ1n) is 7.32. The van der Waals surface area contributed by atoms with Gasteiger partial charge in [-0.1, -0.05) is 17.7 Å². The summed E-state index contributed by atoms with van der Waals surface area (Å²) < 4.78 is 10.7. The molecule has 0 saturated carbocycles. The predicted molar refractivity (Wildman–Crippen MR) is 94.9 cm³/mol. The van der Waals surface area contributed by atoms with Gasteiger partial charge >= 0.3 is 0 Å². The van der Waals surface area contributed by atoms with E-state index in [1.165, 1.54) is 25.3 Å². The number of ether oxygens (including phenoxy) is 2. The van der Waals surface area contributed by atoms with Crippen LogP contribution in [-0.2, 0) is 4.79 Å². The van der Waals surface area contributed by atoms with Crippen LogP contribution in [0.4, 0.5) is 5.69 Å². The standard InChI is InChI=1S/C18H18ClNO4/c1-3-24-18-15(19)9-12(10-16(18)23-2)7-8-17(22)20-13-5-4-6-14(21)11-13/h4-11,21H,3H2,1-2H3,(H,20,22)/b8-7+. The van der Waals surface area contributed by atoms with Crippen LogP contribution in [0.1, 0.15) is 12.5 Å². The summed E-state index contributed by atoms with van der Waals surface area (Å²) in [6.45, 7) is 2.33. The minimum absolute atomic E-state index is 0.0832. The topological polar surface area (TPSA) is 67.8 Å². The Morgan fingerprint density at radius 2 is 2.12 bits per heavy atom. The number of hydrogen-bond acceptors (Lipinski definition) is 4. The Kier molecular flexibility index (Phi) is 6.09. The number of rotatable bonds is 6. The fraction of sp³-hybridized carbons (Fsp3) is 0.167. The van der Waals surface area contributed by atoms with Gasteiger partial charge < -0.3 is 19.9 Å². The summed E-state index contributed by atoms with van der Waals surface area (Å²) in [4.78, 5) is 11.9. The van der Waals surface area contributed by atoms with Crippen LogP contribution in [0.5, 0.6) is 17.2 Å². The largest absolute Gasteiger partial charge is 0.508 e. The molecule has 0 atom stereocenters. The highest BCUT2D eigenvalue weighted by Crippen LogP contribution is 2.36. The van der Waals surface area contributed by atoms with Gasteiger partial charge in [0.15, 0.2) is 11.5 Å². The van der Waals surface area contributed by atoms with Gasteiger partial charge in [0.2, 0.25) is 5.91 Å². The fourth-order valence-corrected chi connectivity index (χ4v) is 2.33. The van der Waals surface area contributed by atoms with Crippen molar-refractivity contribution in [3.8, 4) is 17.2 Å². The van der Waals surface area contributed by atoms with Gasteiger partial charge in [0, 0.05) is 17.8 Å². The summed E-state index contributed by atoms with van der Waals surface area (Å²) in [6, 6.07) is 9.73. The molecule has 2 aromatic carbocycles. The van der Waals surface area contributed by atoms with Crippen LogP contribution < -0.4 is 14.8 Å². The molecule has 24 heavy (non-hydrogen) atoms. The Morgan fingerprint density at radius 3 is 2.79 bits per heavy atom. The van der Waals surface area contributed by atoms with Crippen LogP contribution >= 0.6 is 11.6 Å². The lowest BCUT2D eigenvalue weighted by molar-refractivity contribution is -0.111. The van der Waals surface area contributed by atoms with Crippen LogP contribution in [0.2, 0.25) is 5.02 Å². The summed E-state index contributed by atoms with van der Waals surface area (Å²) in [7, 11) is 1.52. The molecule has 0 aromatic heterocycles. The minimum Gasteiger partial charge on any atom is -0.508 e.